The van der Waals surface area contributed by atoms with Crippen LogP contribution in [0.25, 0.3) is 0 Å². The number of thiophene rings is 1. The first kappa shape index (κ1) is 16.1. The Morgan fingerprint density at radius 1 is 1.48 bits per heavy atom. The summed E-state index contributed by atoms with van der Waals surface area (Å²) >= 11 is 1.45. The lowest BCUT2D eigenvalue weighted by Crippen LogP contribution is -2.34. The maximum absolute atomic E-state index is 12.6. The molecule has 0 bridgehead atoms. The van der Waals surface area contributed by atoms with Gasteiger partial charge in [-0.1, -0.05) is 25.7 Å². The molecule has 0 atom stereocenters. The van der Waals surface area contributed by atoms with E-state index in [9.17, 15) is 4.79 Å². The van der Waals surface area contributed by atoms with E-state index in [0.717, 1.165) is 35.6 Å². The van der Waals surface area contributed by atoms with Crippen molar-refractivity contribution >= 4 is 17.2 Å². The number of hydrogen-bond acceptors (Lipinski definition) is 3. The van der Waals surface area contributed by atoms with E-state index in [4.69, 9.17) is 5.11 Å². The zero-order valence-electron chi connectivity index (χ0n) is 12.8. The maximum atomic E-state index is 12.6. The van der Waals surface area contributed by atoms with E-state index in [1.54, 1.807) is 0 Å². The molecule has 1 heterocycles. The summed E-state index contributed by atoms with van der Waals surface area (Å²) in [5.41, 5.74) is 0. The van der Waals surface area contributed by atoms with Crippen LogP contribution in [0.4, 0.5) is 0 Å². The molecule has 0 spiro atoms. The van der Waals surface area contributed by atoms with E-state index in [1.807, 2.05) is 17.0 Å². The minimum absolute atomic E-state index is 0.0782. The molecule has 0 saturated heterocycles. The molecule has 3 nitrogen and oxygen atoms in total. The molecule has 1 saturated carbocycles. The molecule has 0 unspecified atom stereocenters. The van der Waals surface area contributed by atoms with Gasteiger partial charge < -0.3 is 10.0 Å². The van der Waals surface area contributed by atoms with Crippen LogP contribution in [0.15, 0.2) is 12.1 Å². The highest BCUT2D eigenvalue weighted by Gasteiger charge is 2.33. The fourth-order valence-electron chi connectivity index (χ4n) is 2.10. The lowest BCUT2D eigenvalue weighted by Gasteiger charge is -2.22. The lowest BCUT2D eigenvalue weighted by molar-refractivity contribution is 0.0740. The minimum atomic E-state index is 0.0782. The zero-order valence-corrected chi connectivity index (χ0v) is 13.6. The first-order chi connectivity index (χ1) is 10.1. The average Bonchev–Trinajstić information content (AvgIpc) is 3.17. The second kappa shape index (κ2) is 7.63. The quantitative estimate of drug-likeness (QED) is 0.820. The molecule has 1 fully saturated rings. The fraction of sp³-hybridized carbons (Fsp3) is 0.588. The number of hydrogen-bond donors (Lipinski definition) is 1. The molecule has 1 aliphatic carbocycles. The van der Waals surface area contributed by atoms with Crippen molar-refractivity contribution in [3.8, 4) is 11.8 Å². The number of carbonyl (C=O) groups excluding carboxylic acids is 1. The Bertz CT molecular complexity index is 534. The van der Waals surface area contributed by atoms with Crippen LogP contribution < -0.4 is 0 Å². The molecule has 4 heteroatoms. The van der Waals surface area contributed by atoms with Crippen molar-refractivity contribution in [3.05, 3.63) is 21.9 Å². The Labute approximate surface area is 131 Å². The van der Waals surface area contributed by atoms with Gasteiger partial charge in [0.2, 0.25) is 0 Å². The summed E-state index contributed by atoms with van der Waals surface area (Å²) in [7, 11) is 0. The summed E-state index contributed by atoms with van der Waals surface area (Å²) in [6.07, 6.45) is 3.80. The number of amides is 1. The summed E-state index contributed by atoms with van der Waals surface area (Å²) in [4.78, 5) is 16.3. The van der Waals surface area contributed by atoms with Crippen LogP contribution in [0, 0.1) is 17.8 Å². The van der Waals surface area contributed by atoms with Crippen molar-refractivity contribution in [3.63, 3.8) is 0 Å². The van der Waals surface area contributed by atoms with Gasteiger partial charge in [-0.05, 0) is 37.3 Å². The third-order valence-electron chi connectivity index (χ3n) is 3.46. The number of aliphatic hydroxyl groups is 1. The Morgan fingerprint density at radius 2 is 2.24 bits per heavy atom. The summed E-state index contributed by atoms with van der Waals surface area (Å²) in [6, 6.07) is 4.22. The molecule has 21 heavy (non-hydrogen) atoms. The average molecular weight is 305 g/mol. The number of aliphatic hydroxyl groups excluding tert-OH is 1. The Balaban J connectivity index is 2.02. The van der Waals surface area contributed by atoms with Crippen molar-refractivity contribution < 1.29 is 9.90 Å². The van der Waals surface area contributed by atoms with Gasteiger partial charge in [0, 0.05) is 19.0 Å². The van der Waals surface area contributed by atoms with Crippen LogP contribution in [0.1, 0.15) is 54.1 Å². The molecular weight excluding hydrogens is 282 g/mol. The monoisotopic (exact) mass is 305 g/mol. The van der Waals surface area contributed by atoms with Gasteiger partial charge in [0.05, 0.1) is 16.4 Å². The highest BCUT2D eigenvalue weighted by atomic mass is 32.1. The summed E-state index contributed by atoms with van der Waals surface area (Å²) < 4.78 is 0. The topological polar surface area (TPSA) is 40.5 Å². The first-order valence-electron chi connectivity index (χ1n) is 7.62. The van der Waals surface area contributed by atoms with Gasteiger partial charge in [-0.15, -0.1) is 11.3 Å². The van der Waals surface area contributed by atoms with Gasteiger partial charge in [0.1, 0.15) is 0 Å². The van der Waals surface area contributed by atoms with E-state index in [0.29, 0.717) is 18.4 Å². The molecule has 0 aliphatic heterocycles. The van der Waals surface area contributed by atoms with Gasteiger partial charge in [0.15, 0.2) is 0 Å². The van der Waals surface area contributed by atoms with E-state index < -0.39 is 0 Å². The Morgan fingerprint density at radius 3 is 2.86 bits per heavy atom. The van der Waals surface area contributed by atoms with Crippen LogP contribution in [0.5, 0.6) is 0 Å². The molecule has 1 N–H and O–H groups in total. The van der Waals surface area contributed by atoms with Gasteiger partial charge in [-0.2, -0.15) is 0 Å². The zero-order chi connectivity index (χ0) is 15.2. The van der Waals surface area contributed by atoms with Gasteiger partial charge in [-0.25, -0.2) is 0 Å². The van der Waals surface area contributed by atoms with Crippen LogP contribution in [-0.2, 0) is 0 Å². The van der Waals surface area contributed by atoms with Gasteiger partial charge >= 0.3 is 0 Å². The lowest BCUT2D eigenvalue weighted by atomic mass is 10.1. The van der Waals surface area contributed by atoms with E-state index in [2.05, 4.69) is 25.7 Å². The molecule has 2 rings (SSSR count). The maximum Gasteiger partial charge on any atom is 0.264 e. The highest BCUT2D eigenvalue weighted by molar-refractivity contribution is 7.14. The molecule has 1 aliphatic rings. The van der Waals surface area contributed by atoms with Crippen molar-refractivity contribution in [1.29, 1.82) is 0 Å². The SMILES string of the molecule is CC(C)CCN(C(=O)c1ccc(C#CCCO)s1)C1CC1. The molecule has 1 aromatic rings. The normalized spacial score (nSPS) is 13.9. The van der Waals surface area contributed by atoms with Crippen molar-refractivity contribution in [2.45, 2.75) is 45.6 Å². The van der Waals surface area contributed by atoms with Crippen LogP contribution in [0.2, 0.25) is 0 Å². The van der Waals surface area contributed by atoms with Gasteiger partial charge in [0.25, 0.3) is 5.91 Å². The molecular formula is C17H23NO2S. The van der Waals surface area contributed by atoms with Gasteiger partial charge in [-0.3, -0.25) is 4.79 Å². The van der Waals surface area contributed by atoms with Crippen LogP contribution in [0.3, 0.4) is 0 Å². The standard InChI is InChI=1S/C17H23NO2S/c1-13(2)10-11-18(14-6-7-14)17(20)16-9-8-15(21-16)5-3-4-12-19/h8-9,13-14,19H,4,6-7,10-12H2,1-2H3. The van der Waals surface area contributed by atoms with Crippen LogP contribution in [-0.4, -0.2) is 35.1 Å². The van der Waals surface area contributed by atoms with Crippen molar-refractivity contribution in [2.24, 2.45) is 5.92 Å². The molecule has 0 aromatic carbocycles. The molecule has 114 valence electrons. The summed E-state index contributed by atoms with van der Waals surface area (Å²) in [5.74, 6) is 6.65. The summed E-state index contributed by atoms with van der Waals surface area (Å²) in [6.45, 7) is 5.31. The number of rotatable bonds is 6. The second-order valence-electron chi connectivity index (χ2n) is 5.85. The second-order valence-corrected chi connectivity index (χ2v) is 6.94. The van der Waals surface area contributed by atoms with E-state index >= 15 is 0 Å². The smallest absolute Gasteiger partial charge is 0.264 e. The minimum Gasteiger partial charge on any atom is -0.395 e. The number of carbonyl (C=O) groups is 1. The highest BCUT2D eigenvalue weighted by Crippen LogP contribution is 2.30. The van der Waals surface area contributed by atoms with E-state index in [1.165, 1.54) is 11.3 Å². The number of nitrogens with zero attached hydrogens (tertiary/aromatic N) is 1. The Hall–Kier alpha value is -1.31. The predicted molar refractivity (Wildman–Crippen MR) is 86.4 cm³/mol. The summed E-state index contributed by atoms with van der Waals surface area (Å²) in [5, 5.41) is 8.72. The van der Waals surface area contributed by atoms with Crippen LogP contribution >= 0.6 is 11.3 Å². The third-order valence-corrected chi connectivity index (χ3v) is 4.45. The molecule has 1 amide bonds. The largest absolute Gasteiger partial charge is 0.395 e. The van der Waals surface area contributed by atoms with Crippen molar-refractivity contribution in [2.75, 3.05) is 13.2 Å². The Kier molecular flexibility index (Phi) is 5.84. The predicted octanol–water partition coefficient (Wildman–Crippen LogP) is 3.13. The van der Waals surface area contributed by atoms with Crippen molar-refractivity contribution in [1.82, 2.24) is 4.90 Å². The van der Waals surface area contributed by atoms with E-state index in [-0.39, 0.29) is 12.5 Å². The third kappa shape index (κ3) is 4.87. The fourth-order valence-corrected chi connectivity index (χ4v) is 2.94. The molecule has 1 aromatic heterocycles. The molecule has 0 radical (unpaired) electrons. The first-order valence-corrected chi connectivity index (χ1v) is 8.44.